The number of carbonyl (C=O) groups excluding carboxylic acids is 6. The fraction of sp³-hybridized carbons (Fsp3) is 0.0123. The van der Waals surface area contributed by atoms with E-state index in [1.807, 2.05) is 18.2 Å². The first-order chi connectivity index (χ1) is 55.7. The summed E-state index contributed by atoms with van der Waals surface area (Å²) in [6.07, 6.45) is -2.81. The van der Waals surface area contributed by atoms with Crippen LogP contribution in [0.5, 0.6) is 34.5 Å². The first kappa shape index (κ1) is 92.8. The number of benzene rings is 12. The molecule has 12 N–H and O–H groups in total. The fourth-order valence-electron chi connectivity index (χ4n) is 9.36. The Labute approximate surface area is 720 Å². The Morgan fingerprint density at radius 1 is 0.339 bits per heavy atom. The van der Waals surface area contributed by atoms with Gasteiger partial charge in [0.25, 0.3) is 46.8 Å². The third-order valence-corrected chi connectivity index (χ3v) is 18.0. The van der Waals surface area contributed by atoms with Crippen molar-refractivity contribution in [3.05, 3.63) is 364 Å². The minimum absolute atomic E-state index is 0.0130. The molecule has 6 amide bonds. The molecule has 0 radical (unpaired) electrons. The molecule has 0 unspecified atom stereocenters. The fourth-order valence-corrected chi connectivity index (χ4v) is 11.3. The highest BCUT2D eigenvalue weighted by molar-refractivity contribution is 9.10. The van der Waals surface area contributed by atoms with Crippen LogP contribution in [0.1, 0.15) is 73.3 Å². The SMILES string of the molecule is C=Cc1cccc(NC(=O)c2cc(Cl)ccc2O)c1.O=C(Nc1ccc(Cl)c(Cl)c1)c1cc(Cl)ccc1O.O=C(Nc1ccc([N+](=O)[O-])cc1)c1cc(Cl)ccc1O.O=C(Nc1ccc([N+](=O)[O-])cc1Cl)c1cc(Cl)ccc1O.O=C(Nc1cccc(Br)c1)c1cc(Cl)ccc1O.O=C(Nc1cccc(C(F)(F)F)c1)c1cc(Cl)ccc1O. The van der Waals surface area contributed by atoms with Crippen molar-refractivity contribution in [1.82, 2.24) is 0 Å². The van der Waals surface area contributed by atoms with Crippen LogP contribution >= 0.6 is 120 Å². The van der Waals surface area contributed by atoms with E-state index in [1.165, 1.54) is 164 Å². The van der Waals surface area contributed by atoms with Gasteiger partial charge in [0.1, 0.15) is 34.5 Å². The van der Waals surface area contributed by atoms with E-state index >= 15 is 0 Å². The van der Waals surface area contributed by atoms with E-state index in [9.17, 15) is 92.8 Å². The summed E-state index contributed by atoms with van der Waals surface area (Å²) in [6, 6.07) is 57.1. The lowest BCUT2D eigenvalue weighted by atomic mass is 10.1. The molecule has 37 heteroatoms. The van der Waals surface area contributed by atoms with E-state index in [-0.39, 0.29) is 106 Å². The molecule has 24 nitrogen and oxygen atoms in total. The number of phenolic OH excluding ortho intramolecular Hbond substituents is 6. The van der Waals surface area contributed by atoms with Crippen LogP contribution in [0.25, 0.3) is 6.08 Å². The Bertz CT molecular complexity index is 5790. The van der Waals surface area contributed by atoms with E-state index in [1.54, 1.807) is 48.5 Å². The summed E-state index contributed by atoms with van der Waals surface area (Å²) in [5.41, 5.74) is 2.24. The number of halogens is 13. The van der Waals surface area contributed by atoms with Gasteiger partial charge in [-0.1, -0.05) is 157 Å². The number of non-ortho nitro benzene ring substituents is 2. The predicted octanol–water partition coefficient (Wildman–Crippen LogP) is 24.0. The average Bonchev–Trinajstić information content (AvgIpc) is 0.848. The van der Waals surface area contributed by atoms with Gasteiger partial charge in [-0.15, -0.1) is 0 Å². The molecular formula is C81H55BrCl9F3N8O16. The number of nitrogens with one attached hydrogen (secondary N) is 6. The number of amides is 6. The molecule has 12 rings (SSSR count). The molecule has 0 aliphatic rings. The highest BCUT2D eigenvalue weighted by Crippen LogP contribution is 2.35. The van der Waals surface area contributed by atoms with Gasteiger partial charge in [-0.25, -0.2) is 0 Å². The minimum Gasteiger partial charge on any atom is -0.507 e. The van der Waals surface area contributed by atoms with Crippen molar-refractivity contribution in [2.45, 2.75) is 6.18 Å². The second kappa shape index (κ2) is 43.6. The predicted molar refractivity (Wildman–Crippen MR) is 456 cm³/mol. The molecule has 0 fully saturated rings. The Morgan fingerprint density at radius 3 is 0.992 bits per heavy atom. The number of nitrogens with zero attached hydrogens (tertiary/aromatic N) is 2. The van der Waals surface area contributed by atoms with Gasteiger partial charge < -0.3 is 62.5 Å². The summed E-state index contributed by atoms with van der Waals surface area (Å²) in [7, 11) is 0. The van der Waals surface area contributed by atoms with Gasteiger partial charge in [-0.2, -0.15) is 13.2 Å². The number of rotatable bonds is 15. The van der Waals surface area contributed by atoms with Crippen LogP contribution in [0.3, 0.4) is 0 Å². The topological polar surface area (TPSA) is 382 Å². The summed E-state index contributed by atoms with van der Waals surface area (Å²) in [6.45, 7) is 3.66. The third-order valence-electron chi connectivity index (χ3n) is 15.1. The third kappa shape index (κ3) is 28.5. The van der Waals surface area contributed by atoms with Gasteiger partial charge in [0.2, 0.25) is 0 Å². The monoisotopic (exact) mass is 1850 g/mol. The van der Waals surface area contributed by atoms with Crippen molar-refractivity contribution in [3.8, 4) is 34.5 Å². The lowest BCUT2D eigenvalue weighted by molar-refractivity contribution is -0.385. The van der Waals surface area contributed by atoms with Crippen molar-refractivity contribution in [1.29, 1.82) is 0 Å². The van der Waals surface area contributed by atoms with E-state index < -0.39 is 57.0 Å². The number of phenols is 6. The number of nitro groups is 2. The zero-order valence-corrected chi connectivity index (χ0v) is 67.8. The summed E-state index contributed by atoms with van der Waals surface area (Å²) in [5.74, 6) is -4.38. The highest BCUT2D eigenvalue weighted by Gasteiger charge is 2.31. The maximum atomic E-state index is 12.6. The van der Waals surface area contributed by atoms with Gasteiger partial charge >= 0.3 is 6.18 Å². The van der Waals surface area contributed by atoms with Crippen molar-refractivity contribution in [2.24, 2.45) is 0 Å². The first-order valence-electron chi connectivity index (χ1n) is 32.8. The van der Waals surface area contributed by atoms with Gasteiger partial charge in [-0.3, -0.25) is 49.0 Å². The molecule has 0 atom stereocenters. The van der Waals surface area contributed by atoms with Gasteiger partial charge in [0.05, 0.1) is 69.5 Å². The van der Waals surface area contributed by atoms with Crippen molar-refractivity contribution >= 4 is 207 Å². The van der Waals surface area contributed by atoms with Crippen LogP contribution in [0.15, 0.2) is 254 Å². The molecule has 12 aromatic carbocycles. The molecule has 0 saturated carbocycles. The molecule has 0 aliphatic carbocycles. The molecule has 118 heavy (non-hydrogen) atoms. The number of carbonyl (C=O) groups is 6. The minimum atomic E-state index is -4.50. The summed E-state index contributed by atoms with van der Waals surface area (Å²) < 4.78 is 38.6. The van der Waals surface area contributed by atoms with E-state index in [2.05, 4.69) is 54.4 Å². The lowest BCUT2D eigenvalue weighted by Gasteiger charge is -2.10. The second-order valence-electron chi connectivity index (χ2n) is 23.5. The van der Waals surface area contributed by atoms with Crippen LogP contribution in [0, 0.1) is 20.2 Å². The summed E-state index contributed by atoms with van der Waals surface area (Å²) >= 11 is 55.4. The smallest absolute Gasteiger partial charge is 0.416 e. The Morgan fingerprint density at radius 2 is 0.653 bits per heavy atom. The van der Waals surface area contributed by atoms with Gasteiger partial charge in [-0.05, 0) is 200 Å². The van der Waals surface area contributed by atoms with E-state index in [0.717, 1.165) is 28.2 Å². The molecule has 0 spiro atoms. The number of hydrogen-bond donors (Lipinski definition) is 12. The Kier molecular flexibility index (Phi) is 34.3. The van der Waals surface area contributed by atoms with Crippen molar-refractivity contribution in [3.63, 3.8) is 0 Å². The Hall–Kier alpha value is -12.3. The maximum absolute atomic E-state index is 12.6. The Balaban J connectivity index is 0.000000196. The number of nitro benzene ring substituents is 2. The second-order valence-corrected chi connectivity index (χ2v) is 28.2. The van der Waals surface area contributed by atoms with Crippen LogP contribution in [-0.2, 0) is 6.18 Å². The maximum Gasteiger partial charge on any atom is 0.416 e. The number of alkyl halides is 3. The molecule has 0 aliphatic heterocycles. The van der Waals surface area contributed by atoms with Crippen LogP contribution in [0.4, 0.5) is 58.7 Å². The van der Waals surface area contributed by atoms with Crippen LogP contribution < -0.4 is 31.9 Å². The lowest BCUT2D eigenvalue weighted by Crippen LogP contribution is -2.13. The molecule has 12 aromatic rings. The molecule has 0 heterocycles. The normalized spacial score (nSPS) is 10.3. The molecule has 0 aromatic heterocycles. The van der Waals surface area contributed by atoms with Crippen molar-refractivity contribution < 1.29 is 82.4 Å². The van der Waals surface area contributed by atoms with E-state index in [4.69, 9.17) is 104 Å². The van der Waals surface area contributed by atoms with Crippen LogP contribution in [0.2, 0.25) is 45.2 Å². The first-order valence-corrected chi connectivity index (χ1v) is 37.0. The number of hydrogen-bond acceptors (Lipinski definition) is 16. The summed E-state index contributed by atoms with van der Waals surface area (Å²) in [4.78, 5) is 91.9. The highest BCUT2D eigenvalue weighted by atomic mass is 79.9. The van der Waals surface area contributed by atoms with Gasteiger partial charge in [0, 0.05) is 87.3 Å². The van der Waals surface area contributed by atoms with Crippen LogP contribution in [-0.4, -0.2) is 75.9 Å². The zero-order valence-electron chi connectivity index (χ0n) is 59.5. The van der Waals surface area contributed by atoms with Crippen molar-refractivity contribution in [2.75, 3.05) is 31.9 Å². The number of aromatic hydroxyl groups is 6. The average molecular weight is 1850 g/mol. The summed E-state index contributed by atoms with van der Waals surface area (Å²) in [5, 5.41) is 96.7. The van der Waals surface area contributed by atoms with Gasteiger partial charge in [0.15, 0.2) is 0 Å². The number of anilines is 6. The largest absolute Gasteiger partial charge is 0.507 e. The quantitative estimate of drug-likeness (QED) is 0.0335. The molecular weight excluding hydrogens is 1800 g/mol. The zero-order chi connectivity index (χ0) is 86.8. The van der Waals surface area contributed by atoms with E-state index in [0.29, 0.717) is 52.9 Å². The molecule has 0 bridgehead atoms. The molecule has 0 saturated heterocycles. The molecule has 606 valence electrons. The standard InChI is InChI=1S/C15H12ClNO2.C14H9ClF3NO2.C13H9BrClNO2.C13H8Cl3NO2.C13H8Cl2N2O4.C13H9ClN2O4/c1-2-10-4-3-5-12(8-10)17-15(19)13-9-11(16)6-7-14(13)18;15-9-4-5-12(20)11(7-9)13(21)19-10-3-1-2-8(6-10)14(16,17)18;14-8-2-1-3-10(6-8)16-13(18)11-7-9(15)4-5-12(11)17;14-7-1-4-12(18)9(5-7)13(19)17-8-2-3-10(15)11(16)6-8;14-7-1-4-12(18)9(5-7)13(19)16-11-3-2-8(17(20)21)6-10(11)15;14-8-1-6-12(17)11(7-8)13(18)15-9-2-4-10(5-3-9)16(19)20/h2-9,18H,1H2,(H,17,19);1-7,20H,(H,19,21);1-7,17H,(H,16,18);1-6,18H,(H,17,19);1-6,18H,(H,16,19);1-7,17H,(H,15,18).